The van der Waals surface area contributed by atoms with Crippen LogP contribution in [0.2, 0.25) is 0 Å². The van der Waals surface area contributed by atoms with Crippen molar-refractivity contribution in [3.05, 3.63) is 54.1 Å². The SMILES string of the molecule is CCCC(NCc1ccc(-c2ccccc2OC)cc1)C(=O)O. The molecule has 0 radical (unpaired) electrons. The van der Waals surface area contributed by atoms with Gasteiger partial charge in [0.2, 0.25) is 0 Å². The summed E-state index contributed by atoms with van der Waals surface area (Å²) in [7, 11) is 1.66. The second-order valence-electron chi connectivity index (χ2n) is 5.46. The Balaban J connectivity index is 2.06. The predicted octanol–water partition coefficient (Wildman–Crippen LogP) is 3.71. The van der Waals surface area contributed by atoms with E-state index in [0.717, 1.165) is 28.9 Å². The summed E-state index contributed by atoms with van der Waals surface area (Å²) < 4.78 is 5.38. The second-order valence-corrected chi connectivity index (χ2v) is 5.46. The molecule has 0 spiro atoms. The second kappa shape index (κ2) is 8.34. The van der Waals surface area contributed by atoms with Crippen LogP contribution in [0.1, 0.15) is 25.3 Å². The van der Waals surface area contributed by atoms with Crippen molar-refractivity contribution in [1.29, 1.82) is 0 Å². The molecule has 2 aromatic carbocycles. The van der Waals surface area contributed by atoms with Crippen LogP contribution in [0.5, 0.6) is 5.75 Å². The number of para-hydroxylation sites is 1. The molecular weight excluding hydrogens is 290 g/mol. The Kier molecular flexibility index (Phi) is 6.18. The van der Waals surface area contributed by atoms with E-state index in [0.29, 0.717) is 13.0 Å². The number of carboxylic acid groups (broad SMARTS) is 1. The molecule has 2 rings (SSSR count). The van der Waals surface area contributed by atoms with Crippen molar-refractivity contribution in [2.75, 3.05) is 7.11 Å². The van der Waals surface area contributed by atoms with Crippen LogP contribution < -0.4 is 10.1 Å². The van der Waals surface area contributed by atoms with E-state index in [1.165, 1.54) is 0 Å². The summed E-state index contributed by atoms with van der Waals surface area (Å²) in [5.74, 6) is 0.0461. The molecule has 4 nitrogen and oxygen atoms in total. The summed E-state index contributed by atoms with van der Waals surface area (Å²) in [6.45, 7) is 2.53. The van der Waals surface area contributed by atoms with Crippen LogP contribution in [0.3, 0.4) is 0 Å². The molecule has 1 unspecified atom stereocenters. The first-order valence-electron chi connectivity index (χ1n) is 7.84. The first kappa shape index (κ1) is 17.0. The third-order valence-corrected chi connectivity index (χ3v) is 3.80. The Morgan fingerprint density at radius 3 is 2.48 bits per heavy atom. The van der Waals surface area contributed by atoms with Crippen molar-refractivity contribution in [3.8, 4) is 16.9 Å². The van der Waals surface area contributed by atoms with Crippen LogP contribution in [0, 0.1) is 0 Å². The van der Waals surface area contributed by atoms with E-state index >= 15 is 0 Å². The molecule has 122 valence electrons. The van der Waals surface area contributed by atoms with Gasteiger partial charge in [-0.2, -0.15) is 0 Å². The zero-order valence-electron chi connectivity index (χ0n) is 13.6. The van der Waals surface area contributed by atoms with Gasteiger partial charge in [-0.15, -0.1) is 0 Å². The van der Waals surface area contributed by atoms with Crippen LogP contribution in [-0.2, 0) is 11.3 Å². The van der Waals surface area contributed by atoms with Crippen LogP contribution in [0.25, 0.3) is 11.1 Å². The average molecular weight is 313 g/mol. The van der Waals surface area contributed by atoms with Crippen molar-refractivity contribution < 1.29 is 14.6 Å². The lowest BCUT2D eigenvalue weighted by atomic mass is 10.0. The van der Waals surface area contributed by atoms with E-state index in [1.807, 2.05) is 55.5 Å². The summed E-state index contributed by atoms with van der Waals surface area (Å²) in [4.78, 5) is 11.1. The minimum Gasteiger partial charge on any atom is -0.496 e. The fraction of sp³-hybridized carbons (Fsp3) is 0.316. The van der Waals surface area contributed by atoms with Gasteiger partial charge in [0.05, 0.1) is 7.11 Å². The van der Waals surface area contributed by atoms with Gasteiger partial charge in [-0.1, -0.05) is 55.8 Å². The number of hydrogen-bond donors (Lipinski definition) is 2. The molecule has 0 aliphatic carbocycles. The van der Waals surface area contributed by atoms with Crippen LogP contribution in [0.15, 0.2) is 48.5 Å². The van der Waals surface area contributed by atoms with Gasteiger partial charge < -0.3 is 15.2 Å². The Morgan fingerprint density at radius 1 is 1.17 bits per heavy atom. The Morgan fingerprint density at radius 2 is 1.87 bits per heavy atom. The minimum absolute atomic E-state index is 0.492. The molecule has 23 heavy (non-hydrogen) atoms. The van der Waals surface area contributed by atoms with Crippen LogP contribution in [0.4, 0.5) is 0 Å². The lowest BCUT2D eigenvalue weighted by molar-refractivity contribution is -0.139. The normalized spacial score (nSPS) is 11.9. The number of rotatable bonds is 8. The van der Waals surface area contributed by atoms with Crippen LogP contribution in [-0.4, -0.2) is 24.2 Å². The number of nitrogens with one attached hydrogen (secondary N) is 1. The highest BCUT2D eigenvalue weighted by atomic mass is 16.5. The van der Waals surface area contributed by atoms with Gasteiger partial charge in [0, 0.05) is 12.1 Å². The lowest BCUT2D eigenvalue weighted by Crippen LogP contribution is -2.35. The number of benzene rings is 2. The molecule has 2 N–H and O–H groups in total. The molecule has 0 aliphatic rings. The molecule has 0 saturated carbocycles. The van der Waals surface area contributed by atoms with Gasteiger partial charge in [-0.05, 0) is 23.6 Å². The van der Waals surface area contributed by atoms with Gasteiger partial charge in [0.15, 0.2) is 0 Å². The van der Waals surface area contributed by atoms with Crippen LogP contribution >= 0.6 is 0 Å². The van der Waals surface area contributed by atoms with Crippen molar-refractivity contribution in [2.45, 2.75) is 32.4 Å². The monoisotopic (exact) mass is 313 g/mol. The number of hydrogen-bond acceptors (Lipinski definition) is 3. The van der Waals surface area contributed by atoms with Gasteiger partial charge in [-0.25, -0.2) is 0 Å². The van der Waals surface area contributed by atoms with Gasteiger partial charge >= 0.3 is 5.97 Å². The van der Waals surface area contributed by atoms with E-state index in [1.54, 1.807) is 7.11 Å². The highest BCUT2D eigenvalue weighted by Crippen LogP contribution is 2.29. The Bertz CT molecular complexity index is 637. The Hall–Kier alpha value is -2.33. The lowest BCUT2D eigenvalue weighted by Gasteiger charge is -2.14. The number of carbonyl (C=O) groups is 1. The van der Waals surface area contributed by atoms with Gasteiger partial charge in [0.1, 0.15) is 11.8 Å². The third kappa shape index (κ3) is 4.57. The summed E-state index contributed by atoms with van der Waals surface area (Å²) in [6, 6.07) is 15.5. The van der Waals surface area contributed by atoms with E-state index in [2.05, 4.69) is 5.32 Å². The smallest absolute Gasteiger partial charge is 0.320 e. The molecule has 1 atom stereocenters. The molecule has 0 bridgehead atoms. The number of aliphatic carboxylic acids is 1. The zero-order valence-corrected chi connectivity index (χ0v) is 13.6. The van der Waals surface area contributed by atoms with E-state index in [-0.39, 0.29) is 0 Å². The molecule has 2 aromatic rings. The summed E-state index contributed by atoms with van der Waals surface area (Å²) in [5, 5.41) is 12.3. The standard InChI is InChI=1S/C19H23NO3/c1-3-6-17(19(21)22)20-13-14-9-11-15(12-10-14)16-7-4-5-8-18(16)23-2/h4-5,7-12,17,20H,3,6,13H2,1-2H3,(H,21,22). The number of ether oxygens (including phenoxy) is 1. The maximum absolute atomic E-state index is 11.1. The fourth-order valence-corrected chi connectivity index (χ4v) is 2.53. The quantitative estimate of drug-likeness (QED) is 0.780. The van der Waals surface area contributed by atoms with E-state index in [9.17, 15) is 4.79 Å². The van der Waals surface area contributed by atoms with Crippen molar-refractivity contribution in [2.24, 2.45) is 0 Å². The predicted molar refractivity (Wildman–Crippen MR) is 91.6 cm³/mol. The summed E-state index contributed by atoms with van der Waals surface area (Å²) >= 11 is 0. The highest BCUT2D eigenvalue weighted by molar-refractivity contribution is 5.73. The molecule has 4 heteroatoms. The van der Waals surface area contributed by atoms with Gasteiger partial charge in [-0.3, -0.25) is 4.79 Å². The maximum atomic E-state index is 11.1. The van der Waals surface area contributed by atoms with Gasteiger partial charge in [0.25, 0.3) is 0 Å². The number of methoxy groups -OCH3 is 1. The molecule has 0 aliphatic heterocycles. The molecule has 0 heterocycles. The molecular formula is C19H23NO3. The van der Waals surface area contributed by atoms with Crippen molar-refractivity contribution in [1.82, 2.24) is 5.32 Å². The van der Waals surface area contributed by atoms with E-state index < -0.39 is 12.0 Å². The highest BCUT2D eigenvalue weighted by Gasteiger charge is 2.15. The number of carboxylic acids is 1. The molecule has 0 amide bonds. The third-order valence-electron chi connectivity index (χ3n) is 3.80. The first-order valence-corrected chi connectivity index (χ1v) is 7.84. The topological polar surface area (TPSA) is 58.6 Å². The largest absolute Gasteiger partial charge is 0.496 e. The zero-order chi connectivity index (χ0) is 16.7. The fourth-order valence-electron chi connectivity index (χ4n) is 2.53. The van der Waals surface area contributed by atoms with Crippen molar-refractivity contribution in [3.63, 3.8) is 0 Å². The summed E-state index contributed by atoms with van der Waals surface area (Å²) in [5.41, 5.74) is 3.18. The van der Waals surface area contributed by atoms with Crippen molar-refractivity contribution >= 4 is 5.97 Å². The molecule has 0 aromatic heterocycles. The molecule has 0 saturated heterocycles. The first-order chi connectivity index (χ1) is 11.2. The maximum Gasteiger partial charge on any atom is 0.320 e. The molecule has 0 fully saturated rings. The summed E-state index contributed by atoms with van der Waals surface area (Å²) in [6.07, 6.45) is 1.48. The Labute approximate surface area is 137 Å². The van der Waals surface area contributed by atoms with E-state index in [4.69, 9.17) is 9.84 Å². The minimum atomic E-state index is -0.794. The average Bonchev–Trinajstić information content (AvgIpc) is 2.58.